The van der Waals surface area contributed by atoms with Crippen molar-refractivity contribution in [3.05, 3.63) is 71.8 Å². The van der Waals surface area contributed by atoms with E-state index in [1.807, 2.05) is 27.7 Å². The molecule has 3 fully saturated rings. The second kappa shape index (κ2) is 42.9. The monoisotopic (exact) mass is 1570 g/mol. The molecule has 0 spiro atoms. The maximum atomic E-state index is 15.5. The van der Waals surface area contributed by atoms with Gasteiger partial charge < -0.3 is 76.6 Å². The van der Waals surface area contributed by atoms with Crippen molar-refractivity contribution in [2.24, 2.45) is 29.6 Å². The Hall–Kier alpha value is -9.55. The first-order valence-corrected chi connectivity index (χ1v) is 39.6. The van der Waals surface area contributed by atoms with Gasteiger partial charge in [-0.25, -0.2) is 4.79 Å². The summed E-state index contributed by atoms with van der Waals surface area (Å²) >= 11 is 0. The molecule has 0 saturated carbocycles. The minimum Gasteiger partial charge on any atom is -0.391 e. The molecule has 3 aliphatic rings. The average Bonchev–Trinajstić information content (AvgIpc) is 1.45. The zero-order valence-electron chi connectivity index (χ0n) is 69.5. The fourth-order valence-electron chi connectivity index (χ4n) is 14.3. The van der Waals surface area contributed by atoms with E-state index in [1.165, 1.54) is 80.5 Å². The third-order valence-corrected chi connectivity index (χ3v) is 21.5. The summed E-state index contributed by atoms with van der Waals surface area (Å²) in [6.07, 6.45) is 1.35. The zero-order valence-corrected chi connectivity index (χ0v) is 69.5. The lowest BCUT2D eigenvalue weighted by atomic mass is 9.96. The molecule has 15 atom stereocenters. The van der Waals surface area contributed by atoms with Crippen molar-refractivity contribution in [3.63, 3.8) is 0 Å². The Morgan fingerprint density at radius 3 is 1.44 bits per heavy atom. The van der Waals surface area contributed by atoms with Crippen LogP contribution in [0.5, 0.6) is 0 Å². The van der Waals surface area contributed by atoms with Crippen molar-refractivity contribution in [1.82, 2.24) is 76.4 Å². The largest absolute Gasteiger partial charge is 0.391 e. The molecule has 0 aromatic heterocycles. The molecule has 5 rings (SSSR count). The Bertz CT molecular complexity index is 3610. The van der Waals surface area contributed by atoms with Gasteiger partial charge in [0.2, 0.25) is 65.0 Å². The van der Waals surface area contributed by atoms with Gasteiger partial charge in [0.15, 0.2) is 6.04 Å². The third-order valence-electron chi connectivity index (χ3n) is 21.5. The maximum Gasteiger partial charge on any atom is 0.324 e. The number of amides is 16. The molecule has 2 aromatic rings. The Labute approximate surface area is 661 Å². The molecule has 0 aliphatic carbocycles. The highest BCUT2D eigenvalue weighted by Gasteiger charge is 2.46. The van der Waals surface area contributed by atoms with Crippen LogP contribution in [0.3, 0.4) is 0 Å². The number of benzene rings is 2. The van der Waals surface area contributed by atoms with Gasteiger partial charge in [-0.1, -0.05) is 136 Å². The lowest BCUT2D eigenvalue weighted by Gasteiger charge is -2.38. The second-order valence-corrected chi connectivity index (χ2v) is 32.4. The number of nitrogens with one attached hydrogen (secondary N) is 7. The van der Waals surface area contributed by atoms with Crippen molar-refractivity contribution in [1.29, 1.82) is 0 Å². The summed E-state index contributed by atoms with van der Waals surface area (Å²) in [5, 5.41) is 29.4. The number of likely N-dealkylation sites (tertiary alicyclic amines) is 1. The highest BCUT2D eigenvalue weighted by molar-refractivity contribution is 6.10. The van der Waals surface area contributed by atoms with Gasteiger partial charge in [0.1, 0.15) is 72.5 Å². The number of urea groups is 1. The fraction of sp³-hybridized carbons (Fsp3) is 0.667. The van der Waals surface area contributed by atoms with Gasteiger partial charge >= 0.3 is 6.03 Å². The summed E-state index contributed by atoms with van der Waals surface area (Å²) in [6, 6.07) is -2.40. The number of piperidine rings is 1. The van der Waals surface area contributed by atoms with Gasteiger partial charge in [-0.3, -0.25) is 72.0 Å². The van der Waals surface area contributed by atoms with Crippen molar-refractivity contribution >= 4 is 88.7 Å². The molecule has 3 heterocycles. The average molecular weight is 1570 g/mol. The molecule has 0 unspecified atom stereocenters. The molecule has 8 N–H and O–H groups in total. The predicted octanol–water partition coefficient (Wildman–Crippen LogP) is 2.74. The van der Waals surface area contributed by atoms with E-state index in [-0.39, 0.29) is 75.2 Å². The molecular formula is C81H127N15O16. The number of hydrogen-bond acceptors (Lipinski definition) is 16. The Morgan fingerprint density at radius 2 is 0.929 bits per heavy atom. The van der Waals surface area contributed by atoms with Gasteiger partial charge in [0.25, 0.3) is 17.7 Å². The van der Waals surface area contributed by atoms with Crippen molar-refractivity contribution in [2.75, 3.05) is 61.9 Å². The summed E-state index contributed by atoms with van der Waals surface area (Å²) in [5.41, 5.74) is 1.27. The van der Waals surface area contributed by atoms with Crippen LogP contribution < -0.4 is 37.2 Å². The number of fused-ring (bicyclic) bond motifs is 1. The Morgan fingerprint density at radius 1 is 0.455 bits per heavy atom. The smallest absolute Gasteiger partial charge is 0.324 e. The molecule has 2 aromatic carbocycles. The molecule has 3 saturated heterocycles. The van der Waals surface area contributed by atoms with Gasteiger partial charge in [0, 0.05) is 74.8 Å². The van der Waals surface area contributed by atoms with E-state index in [0.717, 1.165) is 25.3 Å². The molecule has 3 aliphatic heterocycles. The summed E-state index contributed by atoms with van der Waals surface area (Å²) < 4.78 is 0. The number of aliphatic hydroxyl groups excluding tert-OH is 1. The number of likely N-dealkylation sites (N-methyl/N-ethyl adjacent to an activating group) is 6. The van der Waals surface area contributed by atoms with Gasteiger partial charge in [0.05, 0.1) is 6.10 Å². The Kier molecular flexibility index (Phi) is 35.7. The summed E-state index contributed by atoms with van der Waals surface area (Å²) in [7, 11) is 7.98. The molecule has 112 heavy (non-hydrogen) atoms. The first-order valence-electron chi connectivity index (χ1n) is 39.6. The highest BCUT2D eigenvalue weighted by atomic mass is 16.3. The van der Waals surface area contributed by atoms with Crippen LogP contribution in [0.2, 0.25) is 0 Å². The topological polar surface area (TPSA) is 386 Å². The molecule has 622 valence electrons. The predicted molar refractivity (Wildman–Crippen MR) is 421 cm³/mol. The number of carbonyl (C=O) groups excluding carboxylic acids is 15. The first-order chi connectivity index (χ1) is 52.5. The fourth-order valence-corrected chi connectivity index (χ4v) is 14.3. The van der Waals surface area contributed by atoms with Crippen LogP contribution in [0, 0.1) is 29.6 Å². The van der Waals surface area contributed by atoms with Crippen LogP contribution in [0.25, 0.3) is 0 Å². The number of carbonyl (C=O) groups is 15. The molecule has 16 amide bonds. The minimum absolute atomic E-state index is 0.00268. The van der Waals surface area contributed by atoms with Crippen LogP contribution in [0.4, 0.5) is 4.79 Å². The van der Waals surface area contributed by atoms with Gasteiger partial charge in [-0.2, -0.15) is 0 Å². The summed E-state index contributed by atoms with van der Waals surface area (Å²) in [4.78, 5) is 233. The van der Waals surface area contributed by atoms with E-state index in [1.54, 1.807) is 107 Å². The normalized spacial score (nSPS) is 26.3. The van der Waals surface area contributed by atoms with Crippen LogP contribution in [-0.4, -0.2) is 280 Å². The molecule has 0 bridgehead atoms. The Balaban J connectivity index is 1.67. The standard InChI is InChI=1S/C81H127N15O16/c1-21-50(10)64(80(111)95-37-29-24-30-38-95)86-72(103)66-71(102)82-51(11)67(98)87-65(54(14)97)79(110)94(20)81(112)85-57(40-46(2)3)76(107)96-39-31-36-59(96)77(108)92(18)61(42-48(6)7)69(100)84-58(44-55-32-25-22-26-33-55)75(106)93(19)63(45-56-34-27-23-28-35-56)78(109)89(15)53(13)74(105)91(17)60(41-47(4)5)68(99)83-52(12)73(104)90(16)62(43-49(8)9)70(101)88-66/h22-23,25-28,32-35,46-54,57-66,97H,21,24,29-31,36-45H2,1-20H3,(H,82,102)(H,83,99)(H,84,100)(H,85,112)(H,86,103)(H,87,98)(H,88,101)/t50-,51-,52-,53-,54+,57-,58-,59-,60-,61-,62-,63-,64-,65-,66-/m0/s1. The first kappa shape index (κ1) is 93.1. The minimum atomic E-state index is -2.23. The maximum absolute atomic E-state index is 15.5. The summed E-state index contributed by atoms with van der Waals surface area (Å²) in [5.74, 6) is -13.6. The van der Waals surface area contributed by atoms with Gasteiger partial charge in [-0.05, 0) is 126 Å². The lowest BCUT2D eigenvalue weighted by molar-refractivity contribution is -0.152. The van der Waals surface area contributed by atoms with E-state index >= 15 is 33.6 Å². The van der Waals surface area contributed by atoms with Gasteiger partial charge in [-0.15, -0.1) is 0 Å². The van der Waals surface area contributed by atoms with E-state index in [0.29, 0.717) is 54.8 Å². The van der Waals surface area contributed by atoms with E-state index in [9.17, 15) is 43.5 Å². The van der Waals surface area contributed by atoms with E-state index in [4.69, 9.17) is 0 Å². The number of aliphatic hydroxyl groups is 1. The lowest BCUT2D eigenvalue weighted by Crippen LogP contribution is -2.64. The van der Waals surface area contributed by atoms with Crippen molar-refractivity contribution in [2.45, 2.75) is 259 Å². The number of nitrogens with zero attached hydrogens (tertiary/aromatic N) is 8. The number of imide groups is 1. The number of rotatable bonds is 18. The van der Waals surface area contributed by atoms with Crippen LogP contribution in [-0.2, 0) is 80.0 Å². The van der Waals surface area contributed by atoms with E-state index < -0.39 is 179 Å². The highest BCUT2D eigenvalue weighted by Crippen LogP contribution is 2.27. The van der Waals surface area contributed by atoms with E-state index in [2.05, 4.69) is 37.2 Å². The summed E-state index contributed by atoms with van der Waals surface area (Å²) in [6.45, 7) is 24.0. The molecule has 0 radical (unpaired) electrons. The molecular weight excluding hydrogens is 1440 g/mol. The van der Waals surface area contributed by atoms with Crippen molar-refractivity contribution < 1.29 is 77.0 Å². The molecule has 31 nitrogen and oxygen atoms in total. The SMILES string of the molecule is CC[C@H](C)[C@H](NC(=O)[C@H]1NC(=O)[C@H](CC(C)C)N(C)C(=O)[C@H](C)NC(=O)[C@H](CC(C)C)N(C)C(=O)[C@H](C)N(C)C(=O)[C@H](Cc2ccccc2)N(C)C(=O)[C@H](Cc2ccccc2)NC(=O)[C@H](CC(C)C)N(C)C(=O)[C@@H]2CCCN2C(=O)[C@H](CC(C)C)NC(=O)N(C)C(=O)[C@H]([C@@H](C)O)NC(=O)[C@H](C)NC1=O)C(=O)N1CCCCC1. The second-order valence-electron chi connectivity index (χ2n) is 32.4. The quantitative estimate of drug-likeness (QED) is 0.0995. The third kappa shape index (κ3) is 25.2. The van der Waals surface area contributed by atoms with Crippen LogP contribution >= 0.6 is 0 Å². The zero-order chi connectivity index (χ0) is 84.0. The van der Waals surface area contributed by atoms with Crippen molar-refractivity contribution in [3.8, 4) is 0 Å². The van der Waals surface area contributed by atoms with Crippen LogP contribution in [0.1, 0.15) is 172 Å². The molecule has 31 heteroatoms. The number of hydrogen-bond donors (Lipinski definition) is 8. The van der Waals surface area contributed by atoms with Crippen LogP contribution in [0.15, 0.2) is 60.7 Å².